The Morgan fingerprint density at radius 3 is 2.62 bits per heavy atom. The molecule has 2 aromatic rings. The van der Waals surface area contributed by atoms with E-state index in [4.69, 9.17) is 18.9 Å². The lowest BCUT2D eigenvalue weighted by Gasteiger charge is -2.22. The molecule has 3 rings (SSSR count). The summed E-state index contributed by atoms with van der Waals surface area (Å²) in [4.78, 5) is 47.8. The maximum absolute atomic E-state index is 12.6. The third kappa shape index (κ3) is 5.62. The fraction of sp³-hybridized carbons (Fsp3) is 0.682. The van der Waals surface area contributed by atoms with E-state index in [0.717, 1.165) is 0 Å². The van der Waals surface area contributed by atoms with Gasteiger partial charge < -0.3 is 18.9 Å². The van der Waals surface area contributed by atoms with E-state index in [9.17, 15) is 14.4 Å². The van der Waals surface area contributed by atoms with Crippen LogP contribution < -0.4 is 10.9 Å². The SMILES string of the molecule is COCCO[C@@H]1[C@H](C)[C@@H](COC(=O)C(C)C)O[C@H]1n1cnc2c(=O)[nH]c(NC(=O)C(C)C)nc21. The van der Waals surface area contributed by atoms with E-state index in [0.29, 0.717) is 13.2 Å². The number of H-pyrrole nitrogens is 1. The molecule has 0 bridgehead atoms. The Labute approximate surface area is 197 Å². The van der Waals surface area contributed by atoms with Crippen molar-refractivity contribution in [1.29, 1.82) is 0 Å². The van der Waals surface area contributed by atoms with E-state index in [1.807, 2.05) is 6.92 Å². The zero-order valence-corrected chi connectivity index (χ0v) is 20.4. The number of carbonyl (C=O) groups excluding carboxylic acids is 2. The van der Waals surface area contributed by atoms with Crippen LogP contribution in [0.2, 0.25) is 0 Å². The monoisotopic (exact) mass is 479 g/mol. The number of amides is 1. The summed E-state index contributed by atoms with van der Waals surface area (Å²) < 4.78 is 24.4. The Balaban J connectivity index is 1.92. The van der Waals surface area contributed by atoms with E-state index in [-0.39, 0.29) is 53.3 Å². The molecule has 12 nitrogen and oxygen atoms in total. The van der Waals surface area contributed by atoms with Gasteiger partial charge in [0, 0.05) is 18.9 Å². The van der Waals surface area contributed by atoms with Crippen molar-refractivity contribution in [2.24, 2.45) is 17.8 Å². The number of anilines is 1. The zero-order chi connectivity index (χ0) is 25.0. The Morgan fingerprint density at radius 2 is 1.97 bits per heavy atom. The summed E-state index contributed by atoms with van der Waals surface area (Å²) in [5.41, 5.74) is -0.155. The second-order valence-electron chi connectivity index (χ2n) is 8.92. The lowest BCUT2D eigenvalue weighted by Crippen LogP contribution is -2.31. The van der Waals surface area contributed by atoms with Crippen LogP contribution in [0.15, 0.2) is 11.1 Å². The van der Waals surface area contributed by atoms with Gasteiger partial charge in [0.1, 0.15) is 12.7 Å². The van der Waals surface area contributed by atoms with Crippen LogP contribution in [0.3, 0.4) is 0 Å². The predicted octanol–water partition coefficient (Wildman–Crippen LogP) is 1.48. The van der Waals surface area contributed by atoms with Crippen LogP contribution in [0.25, 0.3) is 11.2 Å². The number of nitrogens with zero attached hydrogens (tertiary/aromatic N) is 3. The van der Waals surface area contributed by atoms with Crippen molar-refractivity contribution in [2.45, 2.75) is 53.1 Å². The summed E-state index contributed by atoms with van der Waals surface area (Å²) in [7, 11) is 1.58. The highest BCUT2D eigenvalue weighted by Gasteiger charge is 2.45. The molecule has 0 saturated carbocycles. The molecule has 34 heavy (non-hydrogen) atoms. The van der Waals surface area contributed by atoms with Gasteiger partial charge in [0.05, 0.1) is 31.6 Å². The highest BCUT2D eigenvalue weighted by Crippen LogP contribution is 2.37. The minimum atomic E-state index is -0.692. The fourth-order valence-corrected chi connectivity index (χ4v) is 3.53. The van der Waals surface area contributed by atoms with Crippen molar-refractivity contribution in [3.8, 4) is 0 Å². The number of fused-ring (bicyclic) bond motifs is 1. The molecule has 0 radical (unpaired) electrons. The van der Waals surface area contributed by atoms with Gasteiger partial charge >= 0.3 is 5.97 Å². The molecule has 1 aliphatic heterocycles. The van der Waals surface area contributed by atoms with Crippen LogP contribution >= 0.6 is 0 Å². The molecule has 0 aromatic carbocycles. The quantitative estimate of drug-likeness (QED) is 0.382. The normalized spacial score (nSPS) is 22.6. The van der Waals surface area contributed by atoms with Crippen LogP contribution in [0.4, 0.5) is 5.95 Å². The predicted molar refractivity (Wildman–Crippen MR) is 122 cm³/mol. The lowest BCUT2D eigenvalue weighted by atomic mass is 10.0. The first kappa shape index (κ1) is 25.8. The van der Waals surface area contributed by atoms with Crippen molar-refractivity contribution in [3.05, 3.63) is 16.7 Å². The highest BCUT2D eigenvalue weighted by atomic mass is 16.6. The topological polar surface area (TPSA) is 147 Å². The average molecular weight is 480 g/mol. The zero-order valence-electron chi connectivity index (χ0n) is 20.4. The second-order valence-corrected chi connectivity index (χ2v) is 8.92. The minimum absolute atomic E-state index is 0.0169. The molecule has 4 atom stereocenters. The van der Waals surface area contributed by atoms with Crippen molar-refractivity contribution >= 4 is 29.0 Å². The van der Waals surface area contributed by atoms with Crippen LogP contribution in [0.1, 0.15) is 40.8 Å². The fourth-order valence-electron chi connectivity index (χ4n) is 3.53. The molecule has 1 fully saturated rings. The number of hydrogen-bond acceptors (Lipinski definition) is 9. The molecule has 2 aromatic heterocycles. The van der Waals surface area contributed by atoms with Gasteiger partial charge in [-0.1, -0.05) is 34.6 Å². The smallest absolute Gasteiger partial charge is 0.308 e. The summed E-state index contributed by atoms with van der Waals surface area (Å²) in [5, 5.41) is 2.60. The number of ether oxygens (including phenoxy) is 4. The van der Waals surface area contributed by atoms with Crippen molar-refractivity contribution in [3.63, 3.8) is 0 Å². The van der Waals surface area contributed by atoms with E-state index >= 15 is 0 Å². The number of rotatable bonds is 10. The molecule has 1 saturated heterocycles. The molecule has 3 heterocycles. The summed E-state index contributed by atoms with van der Waals surface area (Å²) in [6, 6.07) is 0. The van der Waals surface area contributed by atoms with Crippen LogP contribution in [-0.2, 0) is 28.5 Å². The molecular weight excluding hydrogens is 446 g/mol. The molecule has 0 unspecified atom stereocenters. The van der Waals surface area contributed by atoms with Crippen molar-refractivity contribution in [2.75, 3.05) is 32.2 Å². The Hall–Kier alpha value is -2.83. The van der Waals surface area contributed by atoms with Gasteiger partial charge in [-0.15, -0.1) is 0 Å². The first-order valence-corrected chi connectivity index (χ1v) is 11.3. The second kappa shape index (κ2) is 11.1. The van der Waals surface area contributed by atoms with Gasteiger partial charge in [0.15, 0.2) is 17.4 Å². The van der Waals surface area contributed by atoms with Crippen molar-refractivity contribution < 1.29 is 28.5 Å². The van der Waals surface area contributed by atoms with Crippen molar-refractivity contribution in [1.82, 2.24) is 19.5 Å². The van der Waals surface area contributed by atoms with Gasteiger partial charge in [0.2, 0.25) is 11.9 Å². The summed E-state index contributed by atoms with van der Waals surface area (Å²) in [5.74, 6) is -1.29. The molecule has 2 N–H and O–H groups in total. The number of hydrogen-bond donors (Lipinski definition) is 2. The number of esters is 1. The van der Waals surface area contributed by atoms with Gasteiger partial charge in [-0.05, 0) is 0 Å². The van der Waals surface area contributed by atoms with E-state index in [1.165, 1.54) is 6.33 Å². The average Bonchev–Trinajstić information content (AvgIpc) is 3.33. The molecular formula is C22H33N5O7. The number of carbonyl (C=O) groups is 2. The van der Waals surface area contributed by atoms with Gasteiger partial charge in [-0.2, -0.15) is 4.98 Å². The number of aromatic nitrogens is 4. The third-order valence-corrected chi connectivity index (χ3v) is 5.63. The van der Waals surface area contributed by atoms with E-state index < -0.39 is 24.0 Å². The van der Waals surface area contributed by atoms with Gasteiger partial charge in [0.25, 0.3) is 5.56 Å². The maximum atomic E-state index is 12.6. The molecule has 0 spiro atoms. The van der Waals surface area contributed by atoms with Gasteiger partial charge in [-0.3, -0.25) is 29.3 Å². The lowest BCUT2D eigenvalue weighted by molar-refractivity contribution is -0.152. The minimum Gasteiger partial charge on any atom is -0.463 e. The largest absolute Gasteiger partial charge is 0.463 e. The number of imidazole rings is 1. The third-order valence-electron chi connectivity index (χ3n) is 5.63. The summed E-state index contributed by atoms with van der Waals surface area (Å²) in [6.07, 6.45) is -0.138. The molecule has 1 aliphatic rings. The first-order valence-electron chi connectivity index (χ1n) is 11.3. The number of aromatic amines is 1. The molecule has 12 heteroatoms. The molecule has 188 valence electrons. The molecule has 0 aliphatic carbocycles. The van der Waals surface area contributed by atoms with E-state index in [2.05, 4.69) is 20.3 Å². The standard InChI is InChI=1S/C22H33N5O7/c1-11(2)18(28)25-22-24-17-15(19(29)26-22)23-10-27(17)20-16(32-8-7-31-6)13(5)14(34-20)9-33-21(30)12(3)4/h10-14,16,20H,7-9H2,1-6H3,(H2,24,25,26,28,29)/t13-,14-,16-,20-/m1/s1. The maximum Gasteiger partial charge on any atom is 0.308 e. The molecule has 1 amide bonds. The van der Waals surface area contributed by atoms with Crippen LogP contribution in [0.5, 0.6) is 0 Å². The van der Waals surface area contributed by atoms with Crippen LogP contribution in [-0.4, -0.2) is 70.5 Å². The number of nitrogens with one attached hydrogen (secondary N) is 2. The van der Waals surface area contributed by atoms with Crippen LogP contribution in [0, 0.1) is 17.8 Å². The number of methoxy groups -OCH3 is 1. The van der Waals surface area contributed by atoms with Gasteiger partial charge in [-0.25, -0.2) is 4.98 Å². The van der Waals surface area contributed by atoms with E-state index in [1.54, 1.807) is 39.4 Å². The Morgan fingerprint density at radius 1 is 1.24 bits per heavy atom. The first-order chi connectivity index (χ1) is 16.1. The Kier molecular flexibility index (Phi) is 8.39. The highest BCUT2D eigenvalue weighted by molar-refractivity contribution is 5.91. The summed E-state index contributed by atoms with van der Waals surface area (Å²) in [6.45, 7) is 9.70. The summed E-state index contributed by atoms with van der Waals surface area (Å²) >= 11 is 0. The Bertz CT molecular complexity index is 1060.